The van der Waals surface area contributed by atoms with Gasteiger partial charge in [-0.25, -0.2) is 0 Å². The lowest BCUT2D eigenvalue weighted by Gasteiger charge is -2.15. The van der Waals surface area contributed by atoms with Gasteiger partial charge in [-0.15, -0.1) is 0 Å². The van der Waals surface area contributed by atoms with Gasteiger partial charge in [0.2, 0.25) is 5.91 Å². The van der Waals surface area contributed by atoms with E-state index in [9.17, 15) is 4.79 Å². The van der Waals surface area contributed by atoms with E-state index in [1.165, 1.54) is 12.8 Å². The molecule has 0 saturated carbocycles. The lowest BCUT2D eigenvalue weighted by molar-refractivity contribution is -0.117. The standard InChI is InChI=1S/C15H21N3O/c1-3-4-5-9-18(2)12-15(19)17-14-8-6-7-13(10-14)11-16/h6-8,10H,3-5,9,12H2,1-2H3,(H,17,19). The van der Waals surface area contributed by atoms with Crippen molar-refractivity contribution in [3.05, 3.63) is 29.8 Å². The topological polar surface area (TPSA) is 56.1 Å². The molecule has 4 nitrogen and oxygen atoms in total. The van der Waals surface area contributed by atoms with Gasteiger partial charge in [0.25, 0.3) is 0 Å². The summed E-state index contributed by atoms with van der Waals surface area (Å²) in [6, 6.07) is 8.99. The van der Waals surface area contributed by atoms with Gasteiger partial charge in [-0.05, 0) is 38.2 Å². The summed E-state index contributed by atoms with van der Waals surface area (Å²) in [5.41, 5.74) is 1.22. The molecule has 1 amide bonds. The second kappa shape index (κ2) is 8.28. The number of hydrogen-bond acceptors (Lipinski definition) is 3. The summed E-state index contributed by atoms with van der Waals surface area (Å²) in [6.07, 6.45) is 3.49. The maximum Gasteiger partial charge on any atom is 0.238 e. The van der Waals surface area contributed by atoms with Crippen LogP contribution in [0.1, 0.15) is 31.7 Å². The quantitative estimate of drug-likeness (QED) is 0.766. The molecule has 1 aromatic rings. The van der Waals surface area contributed by atoms with Gasteiger partial charge in [0.05, 0.1) is 18.2 Å². The molecule has 0 saturated heterocycles. The first-order valence-corrected chi connectivity index (χ1v) is 6.64. The second-order valence-corrected chi connectivity index (χ2v) is 4.69. The predicted molar refractivity (Wildman–Crippen MR) is 76.8 cm³/mol. The molecule has 0 unspecified atom stereocenters. The molecule has 0 heterocycles. The van der Waals surface area contributed by atoms with E-state index in [1.54, 1.807) is 24.3 Å². The van der Waals surface area contributed by atoms with Crippen LogP contribution in [0.15, 0.2) is 24.3 Å². The Hall–Kier alpha value is -1.86. The van der Waals surface area contributed by atoms with Gasteiger partial charge in [0.15, 0.2) is 0 Å². The van der Waals surface area contributed by atoms with Crippen molar-refractivity contribution in [3.63, 3.8) is 0 Å². The van der Waals surface area contributed by atoms with Crippen molar-refractivity contribution in [2.75, 3.05) is 25.5 Å². The molecule has 0 bridgehead atoms. The minimum absolute atomic E-state index is 0.0471. The fraction of sp³-hybridized carbons (Fsp3) is 0.467. The summed E-state index contributed by atoms with van der Waals surface area (Å²) in [7, 11) is 1.95. The van der Waals surface area contributed by atoms with Crippen LogP contribution in [-0.4, -0.2) is 30.9 Å². The van der Waals surface area contributed by atoms with E-state index < -0.39 is 0 Å². The van der Waals surface area contributed by atoms with Crippen LogP contribution in [-0.2, 0) is 4.79 Å². The number of carbonyl (C=O) groups is 1. The number of nitriles is 1. The zero-order valence-electron chi connectivity index (χ0n) is 11.6. The number of nitrogens with zero attached hydrogens (tertiary/aromatic N) is 2. The van der Waals surface area contributed by atoms with E-state index in [2.05, 4.69) is 18.3 Å². The summed E-state index contributed by atoms with van der Waals surface area (Å²) in [6.45, 7) is 3.47. The van der Waals surface area contributed by atoms with Crippen LogP contribution in [0.2, 0.25) is 0 Å². The normalized spacial score (nSPS) is 10.2. The van der Waals surface area contributed by atoms with Crippen LogP contribution < -0.4 is 5.32 Å². The highest BCUT2D eigenvalue weighted by Gasteiger charge is 2.06. The van der Waals surface area contributed by atoms with Crippen LogP contribution in [0, 0.1) is 11.3 Å². The van der Waals surface area contributed by atoms with Crippen molar-refractivity contribution in [3.8, 4) is 6.07 Å². The Labute approximate surface area is 115 Å². The van der Waals surface area contributed by atoms with Crippen LogP contribution >= 0.6 is 0 Å². The molecule has 0 aromatic heterocycles. The summed E-state index contributed by atoms with van der Waals surface area (Å²) < 4.78 is 0. The number of benzene rings is 1. The Morgan fingerprint density at radius 1 is 1.42 bits per heavy atom. The molecule has 1 aromatic carbocycles. The molecule has 0 fully saturated rings. The predicted octanol–water partition coefficient (Wildman–Crippen LogP) is 2.62. The van der Waals surface area contributed by atoms with E-state index in [1.807, 2.05) is 11.9 Å². The van der Waals surface area contributed by atoms with Crippen molar-refractivity contribution in [1.29, 1.82) is 5.26 Å². The third-order valence-electron chi connectivity index (χ3n) is 2.83. The highest BCUT2D eigenvalue weighted by atomic mass is 16.2. The van der Waals surface area contributed by atoms with Crippen LogP contribution in [0.4, 0.5) is 5.69 Å². The van der Waals surface area contributed by atoms with E-state index in [4.69, 9.17) is 5.26 Å². The largest absolute Gasteiger partial charge is 0.325 e. The Morgan fingerprint density at radius 3 is 2.89 bits per heavy atom. The van der Waals surface area contributed by atoms with Crippen molar-refractivity contribution in [2.45, 2.75) is 26.2 Å². The molecular weight excluding hydrogens is 238 g/mol. The van der Waals surface area contributed by atoms with Crippen LogP contribution in [0.5, 0.6) is 0 Å². The van der Waals surface area contributed by atoms with Crippen molar-refractivity contribution in [1.82, 2.24) is 4.90 Å². The molecule has 1 rings (SSSR count). The zero-order chi connectivity index (χ0) is 14.1. The summed E-state index contributed by atoms with van der Waals surface area (Å²) in [4.78, 5) is 13.8. The van der Waals surface area contributed by atoms with E-state index in [-0.39, 0.29) is 5.91 Å². The van der Waals surface area contributed by atoms with Gasteiger partial charge in [-0.2, -0.15) is 5.26 Å². The van der Waals surface area contributed by atoms with Crippen LogP contribution in [0.3, 0.4) is 0 Å². The fourth-order valence-corrected chi connectivity index (χ4v) is 1.82. The maximum absolute atomic E-state index is 11.8. The Morgan fingerprint density at radius 2 is 2.21 bits per heavy atom. The maximum atomic E-state index is 11.8. The van der Waals surface area contributed by atoms with Gasteiger partial charge < -0.3 is 5.32 Å². The average molecular weight is 259 g/mol. The Bertz CT molecular complexity index is 451. The summed E-state index contributed by atoms with van der Waals surface area (Å²) in [5, 5.41) is 11.6. The first-order chi connectivity index (χ1) is 9.15. The van der Waals surface area contributed by atoms with Crippen molar-refractivity contribution >= 4 is 11.6 Å². The lowest BCUT2D eigenvalue weighted by Crippen LogP contribution is -2.30. The van der Waals surface area contributed by atoms with E-state index in [0.717, 1.165) is 13.0 Å². The molecule has 0 aliphatic carbocycles. The van der Waals surface area contributed by atoms with Crippen molar-refractivity contribution < 1.29 is 4.79 Å². The minimum atomic E-state index is -0.0471. The lowest BCUT2D eigenvalue weighted by atomic mass is 10.2. The van der Waals surface area contributed by atoms with Crippen molar-refractivity contribution in [2.24, 2.45) is 0 Å². The van der Waals surface area contributed by atoms with Gasteiger partial charge >= 0.3 is 0 Å². The number of rotatable bonds is 7. The molecule has 19 heavy (non-hydrogen) atoms. The molecule has 0 aliphatic rings. The SMILES string of the molecule is CCCCCN(C)CC(=O)Nc1cccc(C#N)c1. The fourth-order valence-electron chi connectivity index (χ4n) is 1.82. The number of amides is 1. The first-order valence-electron chi connectivity index (χ1n) is 6.64. The monoisotopic (exact) mass is 259 g/mol. The molecule has 102 valence electrons. The van der Waals surface area contributed by atoms with E-state index in [0.29, 0.717) is 17.8 Å². The number of carbonyl (C=O) groups excluding carboxylic acids is 1. The smallest absolute Gasteiger partial charge is 0.238 e. The number of nitrogens with one attached hydrogen (secondary N) is 1. The Balaban J connectivity index is 2.40. The third kappa shape index (κ3) is 6.03. The molecule has 1 N–H and O–H groups in total. The highest BCUT2D eigenvalue weighted by Crippen LogP contribution is 2.09. The summed E-state index contributed by atoms with van der Waals surface area (Å²) in [5.74, 6) is -0.0471. The number of anilines is 1. The molecular formula is C15H21N3O. The molecule has 4 heteroatoms. The second-order valence-electron chi connectivity index (χ2n) is 4.69. The third-order valence-corrected chi connectivity index (χ3v) is 2.83. The first kappa shape index (κ1) is 15.2. The highest BCUT2D eigenvalue weighted by molar-refractivity contribution is 5.92. The number of likely N-dealkylation sites (N-methyl/N-ethyl adjacent to an activating group) is 1. The molecule has 0 atom stereocenters. The van der Waals surface area contributed by atoms with E-state index >= 15 is 0 Å². The zero-order valence-corrected chi connectivity index (χ0v) is 11.6. The van der Waals surface area contributed by atoms with Gasteiger partial charge in [0.1, 0.15) is 0 Å². The minimum Gasteiger partial charge on any atom is -0.325 e. The average Bonchev–Trinajstić information content (AvgIpc) is 2.39. The summed E-state index contributed by atoms with van der Waals surface area (Å²) >= 11 is 0. The van der Waals surface area contributed by atoms with Gasteiger partial charge in [0, 0.05) is 5.69 Å². The number of unbranched alkanes of at least 4 members (excludes halogenated alkanes) is 2. The molecule has 0 spiro atoms. The molecule has 0 aliphatic heterocycles. The Kier molecular flexibility index (Phi) is 6.62. The number of hydrogen-bond donors (Lipinski definition) is 1. The molecule has 0 radical (unpaired) electrons. The van der Waals surface area contributed by atoms with Crippen LogP contribution in [0.25, 0.3) is 0 Å². The van der Waals surface area contributed by atoms with Gasteiger partial charge in [-0.3, -0.25) is 9.69 Å². The van der Waals surface area contributed by atoms with Gasteiger partial charge in [-0.1, -0.05) is 25.8 Å².